The van der Waals surface area contributed by atoms with E-state index >= 15 is 0 Å². The molecule has 1 amide bonds. The van der Waals surface area contributed by atoms with Crippen LogP contribution in [0.15, 0.2) is 22.7 Å². The first-order chi connectivity index (χ1) is 8.65. The first kappa shape index (κ1) is 13.0. The molecule has 1 fully saturated rings. The lowest BCUT2D eigenvalue weighted by Gasteiger charge is -2.32. The summed E-state index contributed by atoms with van der Waals surface area (Å²) in [5, 5.41) is 12.0. The van der Waals surface area contributed by atoms with Gasteiger partial charge in [-0.15, -0.1) is 0 Å². The van der Waals surface area contributed by atoms with Gasteiger partial charge in [0.1, 0.15) is 11.9 Å². The van der Waals surface area contributed by atoms with Crippen LogP contribution in [0.5, 0.6) is 0 Å². The van der Waals surface area contributed by atoms with E-state index in [-0.39, 0.29) is 5.56 Å². The number of carbonyl (C=O) groups is 1. The third kappa shape index (κ3) is 2.37. The van der Waals surface area contributed by atoms with Crippen LogP contribution in [0.4, 0.5) is 4.39 Å². The lowest BCUT2D eigenvalue weighted by molar-refractivity contribution is 0.0681. The van der Waals surface area contributed by atoms with E-state index in [9.17, 15) is 9.18 Å². The third-order valence-electron chi connectivity index (χ3n) is 2.83. The van der Waals surface area contributed by atoms with E-state index < -0.39 is 17.8 Å². The number of hydrogen-bond acceptors (Lipinski definition) is 3. The molecule has 1 aliphatic rings. The number of piperazine rings is 1. The summed E-state index contributed by atoms with van der Waals surface area (Å²) in [6.07, 6.45) is 0. The van der Waals surface area contributed by atoms with E-state index in [1.54, 1.807) is 6.07 Å². The molecule has 94 valence electrons. The summed E-state index contributed by atoms with van der Waals surface area (Å²) in [6, 6.07) is 5.86. The Kier molecular flexibility index (Phi) is 3.94. The van der Waals surface area contributed by atoms with E-state index in [0.717, 1.165) is 0 Å². The molecular formula is C12H11BrFN3O. The van der Waals surface area contributed by atoms with Crippen molar-refractivity contribution in [3.63, 3.8) is 0 Å². The average molecular weight is 312 g/mol. The molecule has 2 rings (SSSR count). The van der Waals surface area contributed by atoms with Crippen LogP contribution in [-0.2, 0) is 0 Å². The van der Waals surface area contributed by atoms with Gasteiger partial charge in [-0.05, 0) is 28.1 Å². The molecule has 0 aromatic heterocycles. The highest BCUT2D eigenvalue weighted by Crippen LogP contribution is 2.22. The summed E-state index contributed by atoms with van der Waals surface area (Å²) in [6.45, 7) is 1.42. The largest absolute Gasteiger partial charge is 0.320 e. The van der Waals surface area contributed by atoms with Crippen LogP contribution in [0.3, 0.4) is 0 Å². The summed E-state index contributed by atoms with van der Waals surface area (Å²) >= 11 is 3.17. The van der Waals surface area contributed by atoms with Gasteiger partial charge in [0.15, 0.2) is 0 Å². The maximum Gasteiger partial charge on any atom is 0.259 e. The molecule has 0 aliphatic carbocycles. The molecule has 1 aromatic carbocycles. The molecule has 0 spiro atoms. The molecule has 1 saturated heterocycles. The summed E-state index contributed by atoms with van der Waals surface area (Å²) in [5.74, 6) is -1.03. The number of nitrogens with one attached hydrogen (secondary N) is 1. The van der Waals surface area contributed by atoms with Gasteiger partial charge in [-0.2, -0.15) is 5.26 Å². The molecule has 0 bridgehead atoms. The Morgan fingerprint density at radius 1 is 1.61 bits per heavy atom. The number of halogens is 2. The van der Waals surface area contributed by atoms with Crippen LogP contribution in [-0.4, -0.2) is 36.5 Å². The predicted molar refractivity (Wildman–Crippen MR) is 67.4 cm³/mol. The summed E-state index contributed by atoms with van der Waals surface area (Å²) in [5.41, 5.74) is -0.0142. The Morgan fingerprint density at radius 3 is 3.06 bits per heavy atom. The number of hydrogen-bond donors (Lipinski definition) is 1. The van der Waals surface area contributed by atoms with Crippen LogP contribution < -0.4 is 5.32 Å². The van der Waals surface area contributed by atoms with E-state index in [2.05, 4.69) is 21.2 Å². The zero-order valence-corrected chi connectivity index (χ0v) is 11.1. The fraction of sp³-hybridized carbons (Fsp3) is 0.333. The molecule has 1 atom stereocenters. The van der Waals surface area contributed by atoms with E-state index in [1.165, 1.54) is 17.0 Å². The highest BCUT2D eigenvalue weighted by molar-refractivity contribution is 9.10. The zero-order chi connectivity index (χ0) is 13.1. The van der Waals surface area contributed by atoms with Crippen molar-refractivity contribution in [3.8, 4) is 6.07 Å². The van der Waals surface area contributed by atoms with Gasteiger partial charge in [0, 0.05) is 24.1 Å². The fourth-order valence-corrected chi connectivity index (χ4v) is 2.42. The average Bonchev–Trinajstić information content (AvgIpc) is 2.38. The van der Waals surface area contributed by atoms with E-state index in [4.69, 9.17) is 5.26 Å². The molecule has 1 aromatic rings. The minimum atomic E-state index is -0.579. The van der Waals surface area contributed by atoms with Crippen molar-refractivity contribution in [2.24, 2.45) is 0 Å². The maximum absolute atomic E-state index is 13.7. The molecule has 1 aliphatic heterocycles. The molecule has 4 nitrogen and oxygen atoms in total. The van der Waals surface area contributed by atoms with Gasteiger partial charge in [-0.1, -0.05) is 6.07 Å². The van der Waals surface area contributed by atoms with Crippen LogP contribution in [0.25, 0.3) is 0 Å². The maximum atomic E-state index is 13.7. The number of carbonyl (C=O) groups excluding carboxylic acids is 1. The summed E-state index contributed by atoms with van der Waals surface area (Å²) in [7, 11) is 0. The quantitative estimate of drug-likeness (QED) is 0.855. The minimum Gasteiger partial charge on any atom is -0.320 e. The number of nitrogens with zero attached hydrogens (tertiary/aromatic N) is 2. The van der Waals surface area contributed by atoms with Crippen molar-refractivity contribution < 1.29 is 9.18 Å². The topological polar surface area (TPSA) is 56.1 Å². The first-order valence-electron chi connectivity index (χ1n) is 5.50. The molecule has 1 N–H and O–H groups in total. The van der Waals surface area contributed by atoms with Crippen molar-refractivity contribution >= 4 is 21.8 Å². The van der Waals surface area contributed by atoms with Gasteiger partial charge in [0.25, 0.3) is 5.91 Å². The molecule has 0 saturated carbocycles. The number of rotatable bonds is 1. The zero-order valence-electron chi connectivity index (χ0n) is 9.49. The van der Waals surface area contributed by atoms with Crippen molar-refractivity contribution in [1.29, 1.82) is 5.26 Å². The second-order valence-electron chi connectivity index (χ2n) is 3.94. The van der Waals surface area contributed by atoms with Crippen LogP contribution in [0.1, 0.15) is 10.4 Å². The van der Waals surface area contributed by atoms with Gasteiger partial charge in [0.2, 0.25) is 0 Å². The Bertz CT molecular complexity index is 494. The number of benzene rings is 1. The predicted octanol–water partition coefficient (Wildman–Crippen LogP) is 1.53. The SMILES string of the molecule is N#CC1CNCCN1C(=O)c1c(F)cccc1Br. The van der Waals surface area contributed by atoms with E-state index in [1.807, 2.05) is 6.07 Å². The molecule has 1 unspecified atom stereocenters. The molecular weight excluding hydrogens is 301 g/mol. The Balaban J connectivity index is 2.33. The Hall–Kier alpha value is -1.45. The fourth-order valence-electron chi connectivity index (χ4n) is 1.91. The van der Waals surface area contributed by atoms with Gasteiger partial charge in [-0.3, -0.25) is 4.79 Å². The van der Waals surface area contributed by atoms with Crippen LogP contribution in [0.2, 0.25) is 0 Å². The van der Waals surface area contributed by atoms with Gasteiger partial charge < -0.3 is 10.2 Å². The van der Waals surface area contributed by atoms with Gasteiger partial charge in [-0.25, -0.2) is 4.39 Å². The second kappa shape index (κ2) is 5.46. The van der Waals surface area contributed by atoms with Crippen molar-refractivity contribution in [3.05, 3.63) is 34.1 Å². The second-order valence-corrected chi connectivity index (χ2v) is 4.80. The number of nitriles is 1. The smallest absolute Gasteiger partial charge is 0.259 e. The van der Waals surface area contributed by atoms with Gasteiger partial charge in [0.05, 0.1) is 11.6 Å². The third-order valence-corrected chi connectivity index (χ3v) is 3.49. The monoisotopic (exact) mass is 311 g/mol. The van der Waals surface area contributed by atoms with Crippen molar-refractivity contribution in [2.45, 2.75) is 6.04 Å². The summed E-state index contributed by atoms with van der Waals surface area (Å²) < 4.78 is 14.1. The first-order valence-corrected chi connectivity index (χ1v) is 6.29. The molecule has 6 heteroatoms. The van der Waals surface area contributed by atoms with Crippen molar-refractivity contribution in [2.75, 3.05) is 19.6 Å². The van der Waals surface area contributed by atoms with Crippen molar-refractivity contribution in [1.82, 2.24) is 10.2 Å². The van der Waals surface area contributed by atoms with Crippen LogP contribution in [0, 0.1) is 17.1 Å². The highest BCUT2D eigenvalue weighted by Gasteiger charge is 2.29. The standard InChI is InChI=1S/C12H11BrFN3O/c13-9-2-1-3-10(14)11(9)12(18)17-5-4-16-7-8(17)6-15/h1-3,8,16H,4-5,7H2. The Morgan fingerprint density at radius 2 is 2.39 bits per heavy atom. The van der Waals surface area contributed by atoms with Gasteiger partial charge >= 0.3 is 0 Å². The summed E-state index contributed by atoms with van der Waals surface area (Å²) in [4.78, 5) is 13.7. The number of amides is 1. The lowest BCUT2D eigenvalue weighted by Crippen LogP contribution is -2.53. The molecule has 1 heterocycles. The van der Waals surface area contributed by atoms with E-state index in [0.29, 0.717) is 24.1 Å². The van der Waals surface area contributed by atoms with Crippen LogP contribution >= 0.6 is 15.9 Å². The lowest BCUT2D eigenvalue weighted by atomic mass is 10.1. The minimum absolute atomic E-state index is 0.0142. The molecule has 18 heavy (non-hydrogen) atoms. The molecule has 0 radical (unpaired) electrons. The highest BCUT2D eigenvalue weighted by atomic mass is 79.9. The normalized spacial score (nSPS) is 19.4. The Labute approximate surface area is 113 Å².